The van der Waals surface area contributed by atoms with Crippen molar-refractivity contribution in [1.29, 1.82) is 0 Å². The summed E-state index contributed by atoms with van der Waals surface area (Å²) in [6.07, 6.45) is -0.671. The van der Waals surface area contributed by atoms with E-state index in [0.29, 0.717) is 24.9 Å². The lowest BCUT2D eigenvalue weighted by atomic mass is 9.98. The molecular formula is C16H15F3N4O2. The third-order valence-electron chi connectivity index (χ3n) is 4.02. The molecule has 0 bridgehead atoms. The Morgan fingerprint density at radius 2 is 2.12 bits per heavy atom. The van der Waals surface area contributed by atoms with Crippen LogP contribution in [0, 0.1) is 5.92 Å². The molecule has 6 nitrogen and oxygen atoms in total. The number of hydrogen-bond acceptors (Lipinski definition) is 5. The van der Waals surface area contributed by atoms with Crippen LogP contribution in [0.4, 0.5) is 19.0 Å². The summed E-state index contributed by atoms with van der Waals surface area (Å²) in [6.45, 7) is 0.570. The van der Waals surface area contributed by atoms with E-state index in [1.54, 1.807) is 17.0 Å². The van der Waals surface area contributed by atoms with Crippen LogP contribution in [0.5, 0.6) is 0 Å². The van der Waals surface area contributed by atoms with Gasteiger partial charge in [0.2, 0.25) is 0 Å². The SMILES string of the molecule is O=C(O)C1CCCN(c2cc(C(F)(F)F)nc(-c3cccnc3)n2)C1. The van der Waals surface area contributed by atoms with Crippen LogP contribution in [0.15, 0.2) is 30.6 Å². The fourth-order valence-electron chi connectivity index (χ4n) is 2.75. The zero-order valence-electron chi connectivity index (χ0n) is 13.1. The van der Waals surface area contributed by atoms with Crippen LogP contribution in [0.2, 0.25) is 0 Å². The summed E-state index contributed by atoms with van der Waals surface area (Å²) >= 11 is 0. The quantitative estimate of drug-likeness (QED) is 0.915. The number of pyridine rings is 1. The van der Waals surface area contributed by atoms with Gasteiger partial charge in [0.1, 0.15) is 5.82 Å². The molecule has 0 saturated carbocycles. The minimum Gasteiger partial charge on any atom is -0.481 e. The van der Waals surface area contributed by atoms with Gasteiger partial charge in [0.15, 0.2) is 11.5 Å². The highest BCUT2D eigenvalue weighted by Gasteiger charge is 2.35. The number of aromatic nitrogens is 3. The summed E-state index contributed by atoms with van der Waals surface area (Å²) in [5.41, 5.74) is -0.699. The first-order valence-corrected chi connectivity index (χ1v) is 7.69. The molecule has 25 heavy (non-hydrogen) atoms. The van der Waals surface area contributed by atoms with Gasteiger partial charge in [0, 0.05) is 37.1 Å². The van der Waals surface area contributed by atoms with E-state index in [-0.39, 0.29) is 18.2 Å². The summed E-state index contributed by atoms with van der Waals surface area (Å²) in [7, 11) is 0. The number of rotatable bonds is 3. The van der Waals surface area contributed by atoms with Crippen molar-refractivity contribution in [2.75, 3.05) is 18.0 Å². The highest BCUT2D eigenvalue weighted by molar-refractivity contribution is 5.71. The van der Waals surface area contributed by atoms with Gasteiger partial charge in [0.25, 0.3) is 0 Å². The van der Waals surface area contributed by atoms with Crippen LogP contribution >= 0.6 is 0 Å². The summed E-state index contributed by atoms with van der Waals surface area (Å²) in [4.78, 5) is 24.5. The molecule has 132 valence electrons. The largest absolute Gasteiger partial charge is 0.481 e. The maximum Gasteiger partial charge on any atom is 0.433 e. The number of piperidine rings is 1. The maximum absolute atomic E-state index is 13.2. The number of carboxylic acids is 1. The number of halogens is 3. The van der Waals surface area contributed by atoms with Crippen molar-refractivity contribution >= 4 is 11.8 Å². The lowest BCUT2D eigenvalue weighted by Crippen LogP contribution is -2.39. The Bertz CT molecular complexity index is 768. The van der Waals surface area contributed by atoms with Crippen LogP contribution < -0.4 is 4.90 Å². The molecule has 1 saturated heterocycles. The Hall–Kier alpha value is -2.71. The lowest BCUT2D eigenvalue weighted by Gasteiger charge is -2.32. The second-order valence-corrected chi connectivity index (χ2v) is 5.80. The topological polar surface area (TPSA) is 79.2 Å². The van der Waals surface area contributed by atoms with Crippen molar-refractivity contribution in [2.24, 2.45) is 5.92 Å². The molecule has 1 fully saturated rings. The van der Waals surface area contributed by atoms with E-state index in [1.165, 1.54) is 12.4 Å². The van der Waals surface area contributed by atoms with Gasteiger partial charge < -0.3 is 10.0 Å². The monoisotopic (exact) mass is 352 g/mol. The predicted molar refractivity (Wildman–Crippen MR) is 82.8 cm³/mol. The fraction of sp³-hybridized carbons (Fsp3) is 0.375. The fourth-order valence-corrected chi connectivity index (χ4v) is 2.75. The van der Waals surface area contributed by atoms with Crippen LogP contribution in [0.25, 0.3) is 11.4 Å². The van der Waals surface area contributed by atoms with Crippen molar-refractivity contribution in [3.63, 3.8) is 0 Å². The Labute approximate surface area is 141 Å². The Morgan fingerprint density at radius 3 is 2.76 bits per heavy atom. The van der Waals surface area contributed by atoms with Crippen LogP contribution in [-0.2, 0) is 11.0 Å². The highest BCUT2D eigenvalue weighted by Crippen LogP contribution is 2.32. The first-order valence-electron chi connectivity index (χ1n) is 7.69. The van der Waals surface area contributed by atoms with E-state index >= 15 is 0 Å². The molecule has 0 spiro atoms. The second-order valence-electron chi connectivity index (χ2n) is 5.80. The molecule has 0 amide bonds. The van der Waals surface area contributed by atoms with E-state index in [2.05, 4.69) is 15.0 Å². The number of carboxylic acid groups (broad SMARTS) is 1. The number of carbonyl (C=O) groups is 1. The molecule has 1 N–H and O–H groups in total. The van der Waals surface area contributed by atoms with Gasteiger partial charge in [-0.05, 0) is 25.0 Å². The average molecular weight is 352 g/mol. The molecule has 3 heterocycles. The van der Waals surface area contributed by atoms with Crippen LogP contribution in [0.3, 0.4) is 0 Å². The van der Waals surface area contributed by atoms with Gasteiger partial charge >= 0.3 is 12.1 Å². The Balaban J connectivity index is 2.02. The van der Waals surface area contributed by atoms with Crippen molar-refractivity contribution < 1.29 is 23.1 Å². The van der Waals surface area contributed by atoms with Gasteiger partial charge in [-0.1, -0.05) is 0 Å². The summed E-state index contributed by atoms with van der Waals surface area (Å²) < 4.78 is 39.7. The first-order chi connectivity index (χ1) is 11.8. The standard InChI is InChI=1S/C16H15F3N4O2/c17-16(18,19)12-7-13(23-6-2-4-11(9-23)15(24)25)22-14(21-12)10-3-1-5-20-8-10/h1,3,5,7-8,11H,2,4,6,9H2,(H,24,25). The second kappa shape index (κ2) is 6.66. The molecule has 0 aliphatic carbocycles. The maximum atomic E-state index is 13.2. The third kappa shape index (κ3) is 3.86. The molecule has 0 radical (unpaired) electrons. The summed E-state index contributed by atoms with van der Waals surface area (Å²) in [6, 6.07) is 4.02. The summed E-state index contributed by atoms with van der Waals surface area (Å²) in [5.74, 6) is -1.59. The molecule has 9 heteroatoms. The third-order valence-corrected chi connectivity index (χ3v) is 4.02. The number of anilines is 1. The molecule has 1 unspecified atom stereocenters. The molecule has 1 aliphatic heterocycles. The normalized spacial score (nSPS) is 18.2. The van der Waals surface area contributed by atoms with E-state index in [0.717, 1.165) is 6.07 Å². The van der Waals surface area contributed by atoms with Crippen molar-refractivity contribution in [1.82, 2.24) is 15.0 Å². The van der Waals surface area contributed by atoms with Gasteiger partial charge in [0.05, 0.1) is 5.92 Å². The molecule has 2 aromatic rings. The summed E-state index contributed by atoms with van der Waals surface area (Å²) in [5, 5.41) is 9.17. The van der Waals surface area contributed by atoms with E-state index < -0.39 is 23.8 Å². The molecule has 1 atom stereocenters. The number of aliphatic carboxylic acids is 1. The van der Waals surface area contributed by atoms with E-state index in [1.807, 2.05) is 0 Å². The van der Waals surface area contributed by atoms with E-state index in [9.17, 15) is 23.1 Å². The number of hydrogen-bond donors (Lipinski definition) is 1. The predicted octanol–water partition coefficient (Wildman–Crippen LogP) is 2.86. The molecule has 2 aromatic heterocycles. The van der Waals surface area contributed by atoms with Crippen LogP contribution in [-0.4, -0.2) is 39.1 Å². The molecule has 1 aliphatic rings. The van der Waals surface area contributed by atoms with Crippen molar-refractivity contribution in [3.8, 4) is 11.4 Å². The Morgan fingerprint density at radius 1 is 1.32 bits per heavy atom. The molecule has 0 aromatic carbocycles. The number of nitrogens with zero attached hydrogens (tertiary/aromatic N) is 4. The van der Waals surface area contributed by atoms with Gasteiger partial charge in [-0.2, -0.15) is 13.2 Å². The molecule has 3 rings (SSSR count). The first kappa shape index (κ1) is 17.1. The average Bonchev–Trinajstić information content (AvgIpc) is 2.61. The van der Waals surface area contributed by atoms with Crippen molar-refractivity contribution in [2.45, 2.75) is 19.0 Å². The smallest absolute Gasteiger partial charge is 0.433 e. The minimum atomic E-state index is -4.63. The molecular weight excluding hydrogens is 337 g/mol. The minimum absolute atomic E-state index is 0.0760. The highest BCUT2D eigenvalue weighted by atomic mass is 19.4. The Kier molecular flexibility index (Phi) is 4.56. The van der Waals surface area contributed by atoms with Crippen LogP contribution in [0.1, 0.15) is 18.5 Å². The van der Waals surface area contributed by atoms with Crippen molar-refractivity contribution in [3.05, 3.63) is 36.3 Å². The van der Waals surface area contributed by atoms with Gasteiger partial charge in [-0.25, -0.2) is 9.97 Å². The zero-order chi connectivity index (χ0) is 18.0. The van der Waals surface area contributed by atoms with Gasteiger partial charge in [-0.15, -0.1) is 0 Å². The lowest BCUT2D eigenvalue weighted by molar-refractivity contribution is -0.142. The van der Waals surface area contributed by atoms with E-state index in [4.69, 9.17) is 0 Å². The van der Waals surface area contributed by atoms with Gasteiger partial charge in [-0.3, -0.25) is 9.78 Å². The zero-order valence-corrected chi connectivity index (χ0v) is 13.1. The number of alkyl halides is 3.